The lowest BCUT2D eigenvalue weighted by molar-refractivity contribution is -0.123. The lowest BCUT2D eigenvalue weighted by Gasteiger charge is -2.27. The maximum absolute atomic E-state index is 12.5. The molecule has 32 heavy (non-hydrogen) atoms. The van der Waals surface area contributed by atoms with Crippen molar-refractivity contribution in [2.45, 2.75) is 26.7 Å². The van der Waals surface area contributed by atoms with E-state index in [0.29, 0.717) is 17.3 Å². The molecule has 1 aliphatic heterocycles. The van der Waals surface area contributed by atoms with Gasteiger partial charge in [-0.15, -0.1) is 0 Å². The van der Waals surface area contributed by atoms with Crippen molar-refractivity contribution in [2.75, 3.05) is 30.8 Å². The van der Waals surface area contributed by atoms with Crippen LogP contribution in [-0.2, 0) is 9.59 Å². The second-order valence-electron chi connectivity index (χ2n) is 8.02. The lowest BCUT2D eigenvalue weighted by atomic mass is 9.96. The Labute approximate surface area is 186 Å². The molecule has 0 radical (unpaired) electrons. The number of carbonyl (C=O) groups excluding carboxylic acids is 3. The van der Waals surface area contributed by atoms with Crippen molar-refractivity contribution < 1.29 is 19.1 Å². The number of hydrogen-bond acceptors (Lipinski definition) is 7. The molecule has 0 unspecified atom stereocenters. The number of aromatic nitrogens is 2. The van der Waals surface area contributed by atoms with E-state index < -0.39 is 6.03 Å². The molecule has 3 rings (SSSR count). The zero-order valence-corrected chi connectivity index (χ0v) is 18.4. The summed E-state index contributed by atoms with van der Waals surface area (Å²) in [6.07, 6.45) is 4.65. The summed E-state index contributed by atoms with van der Waals surface area (Å²) in [6.45, 7) is 5.19. The predicted octanol–water partition coefficient (Wildman–Crippen LogP) is 2.85. The van der Waals surface area contributed by atoms with Gasteiger partial charge in [0.05, 0.1) is 6.20 Å². The first-order chi connectivity index (χ1) is 15.3. The van der Waals surface area contributed by atoms with Crippen molar-refractivity contribution in [3.63, 3.8) is 0 Å². The third-order valence-electron chi connectivity index (χ3n) is 5.05. The molecule has 0 aromatic carbocycles. The third kappa shape index (κ3) is 6.74. The average Bonchev–Trinajstić information content (AvgIpc) is 2.75. The highest BCUT2D eigenvalue weighted by Crippen LogP contribution is 2.24. The van der Waals surface area contributed by atoms with E-state index in [-0.39, 0.29) is 29.5 Å². The summed E-state index contributed by atoms with van der Waals surface area (Å²) in [5.41, 5.74) is 0. The second kappa shape index (κ2) is 10.7. The van der Waals surface area contributed by atoms with Gasteiger partial charge in [0, 0.05) is 24.1 Å². The van der Waals surface area contributed by atoms with Gasteiger partial charge in [0.2, 0.25) is 11.8 Å². The Bertz CT molecular complexity index is 955. The van der Waals surface area contributed by atoms with Crippen LogP contribution in [0.4, 0.5) is 16.4 Å². The van der Waals surface area contributed by atoms with Gasteiger partial charge < -0.3 is 15.0 Å². The molecule has 170 valence electrons. The molecule has 0 atom stereocenters. The van der Waals surface area contributed by atoms with Crippen LogP contribution in [-0.4, -0.2) is 52.9 Å². The number of anilines is 2. The van der Waals surface area contributed by atoms with Crippen LogP contribution in [0.5, 0.6) is 11.5 Å². The Hall–Kier alpha value is -3.53. The number of rotatable bonds is 6. The number of carbonyl (C=O) groups is 3. The molecule has 3 N–H and O–H groups in total. The number of ether oxygens (including phenoxy) is 1. The monoisotopic (exact) mass is 440 g/mol. The normalized spacial score (nSPS) is 14.6. The average molecular weight is 441 g/mol. The van der Waals surface area contributed by atoms with E-state index in [1.165, 1.54) is 6.20 Å². The van der Waals surface area contributed by atoms with Crippen LogP contribution < -0.4 is 20.7 Å². The molecule has 10 heteroatoms. The van der Waals surface area contributed by atoms with Gasteiger partial charge >= 0.3 is 6.03 Å². The summed E-state index contributed by atoms with van der Waals surface area (Å²) in [5, 5.41) is 7.57. The largest absolute Gasteiger partial charge is 0.456 e. The van der Waals surface area contributed by atoms with Crippen LogP contribution in [0.25, 0.3) is 0 Å². The van der Waals surface area contributed by atoms with Crippen LogP contribution in [0.1, 0.15) is 26.7 Å². The molecule has 0 saturated carbocycles. The number of hydrogen-bond donors (Lipinski definition) is 3. The molecule has 0 aliphatic carbocycles. The van der Waals surface area contributed by atoms with E-state index in [0.717, 1.165) is 25.9 Å². The third-order valence-corrected chi connectivity index (χ3v) is 5.05. The molecular weight excluding hydrogens is 412 g/mol. The van der Waals surface area contributed by atoms with Crippen molar-refractivity contribution in [3.05, 3.63) is 36.7 Å². The molecule has 0 bridgehead atoms. The topological polar surface area (TPSA) is 126 Å². The maximum atomic E-state index is 12.5. The van der Waals surface area contributed by atoms with Crippen LogP contribution in [0.15, 0.2) is 36.7 Å². The number of nitrogens with zero attached hydrogens (tertiary/aromatic N) is 3. The van der Waals surface area contributed by atoms with Gasteiger partial charge in [0.15, 0.2) is 0 Å². The number of pyridine rings is 2. The Kier molecular flexibility index (Phi) is 7.72. The predicted molar refractivity (Wildman–Crippen MR) is 119 cm³/mol. The van der Waals surface area contributed by atoms with Crippen molar-refractivity contribution in [1.82, 2.24) is 20.2 Å². The first kappa shape index (κ1) is 23.1. The number of amides is 4. The Morgan fingerprint density at radius 2 is 1.78 bits per heavy atom. The van der Waals surface area contributed by atoms with Gasteiger partial charge in [0.1, 0.15) is 23.1 Å². The van der Waals surface area contributed by atoms with Gasteiger partial charge in [0.25, 0.3) is 0 Å². The smallest absolute Gasteiger partial charge is 0.327 e. The molecule has 3 heterocycles. The van der Waals surface area contributed by atoms with Crippen molar-refractivity contribution in [2.24, 2.45) is 11.8 Å². The van der Waals surface area contributed by atoms with Crippen molar-refractivity contribution in [1.29, 1.82) is 0 Å². The number of imide groups is 1. The molecule has 10 nitrogen and oxygen atoms in total. The Morgan fingerprint density at radius 3 is 2.44 bits per heavy atom. The molecule has 0 spiro atoms. The fourth-order valence-electron chi connectivity index (χ4n) is 3.10. The summed E-state index contributed by atoms with van der Waals surface area (Å²) in [7, 11) is 2.05. The lowest BCUT2D eigenvalue weighted by Crippen LogP contribution is -2.37. The number of piperidine rings is 1. The SMILES string of the molecule is CC(C)C(=O)NC(=O)Nc1ccc(Oc2ccnc(NC(=O)C3CCN(C)CC3)c2)cn1. The summed E-state index contributed by atoms with van der Waals surface area (Å²) in [5.74, 6) is 0.887. The minimum atomic E-state index is -0.649. The van der Waals surface area contributed by atoms with Gasteiger partial charge in [-0.05, 0) is 51.2 Å². The number of nitrogens with one attached hydrogen (secondary N) is 3. The molecule has 2 aromatic rings. The Morgan fingerprint density at radius 1 is 1.03 bits per heavy atom. The first-order valence-electron chi connectivity index (χ1n) is 10.5. The molecule has 2 aromatic heterocycles. The minimum absolute atomic E-state index is 0.0187. The summed E-state index contributed by atoms with van der Waals surface area (Å²) in [4.78, 5) is 46.4. The zero-order chi connectivity index (χ0) is 23.1. The van der Waals surface area contributed by atoms with Gasteiger partial charge in [-0.25, -0.2) is 14.8 Å². The quantitative estimate of drug-likeness (QED) is 0.631. The van der Waals surface area contributed by atoms with E-state index in [1.807, 2.05) is 0 Å². The highest BCUT2D eigenvalue weighted by Gasteiger charge is 2.23. The Balaban J connectivity index is 1.54. The fourth-order valence-corrected chi connectivity index (χ4v) is 3.10. The second-order valence-corrected chi connectivity index (χ2v) is 8.02. The minimum Gasteiger partial charge on any atom is -0.456 e. The molecule has 1 saturated heterocycles. The summed E-state index contributed by atoms with van der Waals surface area (Å²) in [6, 6.07) is 5.85. The van der Waals surface area contributed by atoms with Crippen LogP contribution in [0.3, 0.4) is 0 Å². The van der Waals surface area contributed by atoms with Crippen LogP contribution >= 0.6 is 0 Å². The zero-order valence-electron chi connectivity index (χ0n) is 18.4. The summed E-state index contributed by atoms with van der Waals surface area (Å²) < 4.78 is 5.77. The van der Waals surface area contributed by atoms with Gasteiger partial charge in [-0.1, -0.05) is 13.8 Å². The van der Waals surface area contributed by atoms with E-state index >= 15 is 0 Å². The van der Waals surface area contributed by atoms with E-state index in [9.17, 15) is 14.4 Å². The number of likely N-dealkylation sites (tertiary alicyclic amines) is 1. The highest BCUT2D eigenvalue weighted by atomic mass is 16.5. The summed E-state index contributed by atoms with van der Waals surface area (Å²) >= 11 is 0. The number of urea groups is 1. The fraction of sp³-hybridized carbons (Fsp3) is 0.409. The van der Waals surface area contributed by atoms with Crippen molar-refractivity contribution >= 4 is 29.5 Å². The van der Waals surface area contributed by atoms with E-state index in [2.05, 4.69) is 37.9 Å². The highest BCUT2D eigenvalue weighted by molar-refractivity contribution is 6.01. The van der Waals surface area contributed by atoms with Crippen LogP contribution in [0, 0.1) is 11.8 Å². The van der Waals surface area contributed by atoms with Gasteiger partial charge in [-0.3, -0.25) is 20.2 Å². The van der Waals surface area contributed by atoms with Crippen molar-refractivity contribution in [3.8, 4) is 11.5 Å². The molecule has 1 fully saturated rings. The standard InChI is InChI=1S/C22H28N6O4/c1-14(2)20(29)27-22(31)26-18-5-4-17(13-24-18)32-16-6-9-23-19(12-16)25-21(30)15-7-10-28(3)11-8-15/h4-6,9,12-15H,7-8,10-11H2,1-3H3,(H,23,25,30)(H2,24,26,27,29,31). The van der Waals surface area contributed by atoms with E-state index in [1.54, 1.807) is 44.3 Å². The first-order valence-corrected chi connectivity index (χ1v) is 10.5. The maximum Gasteiger partial charge on any atom is 0.327 e. The van der Waals surface area contributed by atoms with E-state index in [4.69, 9.17) is 4.74 Å². The molecule has 4 amide bonds. The molecule has 1 aliphatic rings. The molecular formula is C22H28N6O4. The van der Waals surface area contributed by atoms with Crippen LogP contribution in [0.2, 0.25) is 0 Å². The van der Waals surface area contributed by atoms with Gasteiger partial charge in [-0.2, -0.15) is 0 Å².